The minimum Gasteiger partial charge on any atom is -0.481 e. The van der Waals surface area contributed by atoms with Gasteiger partial charge in [0.1, 0.15) is 18.1 Å². The second kappa shape index (κ2) is 10.7. The SMILES string of the molecule is NC(=O)CC(NC(=O)C(CC(=O)O)NC(=O)C1CCCN1)C(=O)N1CCCC1C(=O)O. The predicted octanol–water partition coefficient (Wildman–Crippen LogP) is -2.87. The van der Waals surface area contributed by atoms with Crippen molar-refractivity contribution >= 4 is 35.6 Å². The Kier molecular flexibility index (Phi) is 8.30. The first-order valence-corrected chi connectivity index (χ1v) is 9.97. The van der Waals surface area contributed by atoms with Crippen molar-refractivity contribution < 1.29 is 39.0 Å². The summed E-state index contributed by atoms with van der Waals surface area (Å²) in [5, 5.41) is 25.9. The van der Waals surface area contributed by atoms with Crippen molar-refractivity contribution in [2.45, 2.75) is 62.7 Å². The maximum atomic E-state index is 12.8. The van der Waals surface area contributed by atoms with Gasteiger partial charge in [0, 0.05) is 6.54 Å². The van der Waals surface area contributed by atoms with Crippen LogP contribution in [-0.2, 0) is 28.8 Å². The third kappa shape index (κ3) is 6.64. The summed E-state index contributed by atoms with van der Waals surface area (Å²) in [7, 11) is 0. The van der Waals surface area contributed by atoms with Crippen LogP contribution in [0.1, 0.15) is 38.5 Å². The number of hydrogen-bond acceptors (Lipinski definition) is 7. The molecule has 2 fully saturated rings. The fourth-order valence-electron chi connectivity index (χ4n) is 3.73. The second-order valence-corrected chi connectivity index (χ2v) is 7.57. The molecule has 0 aromatic rings. The van der Waals surface area contributed by atoms with Gasteiger partial charge in [0.2, 0.25) is 23.6 Å². The van der Waals surface area contributed by atoms with Crippen LogP contribution in [0.5, 0.6) is 0 Å². The van der Waals surface area contributed by atoms with E-state index in [0.29, 0.717) is 19.4 Å². The minimum atomic E-state index is -1.50. The van der Waals surface area contributed by atoms with Crippen LogP contribution in [0.2, 0.25) is 0 Å². The zero-order valence-corrected chi connectivity index (χ0v) is 16.8. The van der Waals surface area contributed by atoms with Crippen molar-refractivity contribution in [1.82, 2.24) is 20.9 Å². The number of nitrogens with two attached hydrogens (primary N) is 1. The molecule has 172 valence electrons. The van der Waals surface area contributed by atoms with Crippen LogP contribution in [-0.4, -0.2) is 87.9 Å². The number of nitrogens with one attached hydrogen (secondary N) is 3. The smallest absolute Gasteiger partial charge is 0.326 e. The lowest BCUT2D eigenvalue weighted by molar-refractivity contribution is -0.150. The summed E-state index contributed by atoms with van der Waals surface area (Å²) in [4.78, 5) is 72.9. The highest BCUT2D eigenvalue weighted by Crippen LogP contribution is 2.19. The van der Waals surface area contributed by atoms with Gasteiger partial charge in [0.25, 0.3) is 0 Å². The van der Waals surface area contributed by atoms with Gasteiger partial charge in [-0.1, -0.05) is 0 Å². The van der Waals surface area contributed by atoms with Crippen molar-refractivity contribution in [2.75, 3.05) is 13.1 Å². The van der Waals surface area contributed by atoms with Gasteiger partial charge in [-0.05, 0) is 32.2 Å². The van der Waals surface area contributed by atoms with Gasteiger partial charge in [-0.3, -0.25) is 24.0 Å². The summed E-state index contributed by atoms with van der Waals surface area (Å²) < 4.78 is 0. The van der Waals surface area contributed by atoms with Gasteiger partial charge in [-0.15, -0.1) is 0 Å². The molecule has 0 spiro atoms. The Labute approximate surface area is 177 Å². The van der Waals surface area contributed by atoms with E-state index in [1.807, 2.05) is 0 Å². The van der Waals surface area contributed by atoms with Crippen LogP contribution in [0.3, 0.4) is 0 Å². The second-order valence-electron chi connectivity index (χ2n) is 7.57. The van der Waals surface area contributed by atoms with Gasteiger partial charge in [-0.25, -0.2) is 4.79 Å². The molecule has 0 radical (unpaired) electrons. The van der Waals surface area contributed by atoms with Crippen molar-refractivity contribution in [3.8, 4) is 0 Å². The number of carbonyl (C=O) groups is 6. The topological polar surface area (TPSA) is 208 Å². The number of primary amides is 1. The van der Waals surface area contributed by atoms with Crippen LogP contribution in [0, 0.1) is 0 Å². The van der Waals surface area contributed by atoms with Gasteiger partial charge in [0.05, 0.1) is 18.9 Å². The number of nitrogens with zero attached hydrogens (tertiary/aromatic N) is 1. The molecule has 0 aromatic heterocycles. The molecule has 2 rings (SSSR count). The fraction of sp³-hybridized carbons (Fsp3) is 0.667. The molecule has 4 atom stereocenters. The standard InChI is InChI=1S/C18H27N5O8/c19-13(24)7-11(17(29)23-6-2-4-12(23)18(30)31)22-16(28)10(8-14(25)26)21-15(27)9-3-1-5-20-9/h9-12,20H,1-8H2,(H2,19,24)(H,21,27)(H,22,28)(H,25,26)(H,30,31). The zero-order chi connectivity index (χ0) is 23.1. The molecule has 0 bridgehead atoms. The lowest BCUT2D eigenvalue weighted by atomic mass is 10.1. The number of amides is 4. The number of aliphatic carboxylic acids is 2. The van der Waals surface area contributed by atoms with Gasteiger partial charge >= 0.3 is 11.9 Å². The Balaban J connectivity index is 2.13. The number of carboxylic acids is 2. The normalized spacial score (nSPS) is 22.4. The van der Waals surface area contributed by atoms with E-state index in [4.69, 9.17) is 10.8 Å². The number of likely N-dealkylation sites (tertiary alicyclic amines) is 1. The summed E-state index contributed by atoms with van der Waals surface area (Å²) in [5.41, 5.74) is 5.17. The van der Waals surface area contributed by atoms with E-state index in [1.54, 1.807) is 0 Å². The molecule has 2 heterocycles. The van der Waals surface area contributed by atoms with E-state index >= 15 is 0 Å². The lowest BCUT2D eigenvalue weighted by Gasteiger charge is -2.28. The highest BCUT2D eigenvalue weighted by atomic mass is 16.4. The number of carbonyl (C=O) groups excluding carboxylic acids is 4. The quantitative estimate of drug-likeness (QED) is 0.206. The van der Waals surface area contributed by atoms with E-state index in [1.165, 1.54) is 0 Å². The number of hydrogen-bond donors (Lipinski definition) is 6. The molecule has 0 aromatic carbocycles. The van der Waals surface area contributed by atoms with E-state index in [0.717, 1.165) is 11.3 Å². The summed E-state index contributed by atoms with van der Waals surface area (Å²) >= 11 is 0. The maximum absolute atomic E-state index is 12.8. The van der Waals surface area contributed by atoms with Gasteiger partial charge in [-0.2, -0.15) is 0 Å². The third-order valence-corrected chi connectivity index (χ3v) is 5.23. The molecule has 2 aliphatic rings. The number of rotatable bonds is 10. The Morgan fingerprint density at radius 2 is 1.71 bits per heavy atom. The molecule has 0 aliphatic carbocycles. The van der Waals surface area contributed by atoms with Crippen LogP contribution in [0.15, 0.2) is 0 Å². The van der Waals surface area contributed by atoms with Crippen LogP contribution >= 0.6 is 0 Å². The number of carboxylic acid groups (broad SMARTS) is 2. The molecule has 0 saturated carbocycles. The maximum Gasteiger partial charge on any atom is 0.326 e. The summed E-state index contributed by atoms with van der Waals surface area (Å²) in [6.45, 7) is 0.743. The predicted molar refractivity (Wildman–Crippen MR) is 103 cm³/mol. The Morgan fingerprint density at radius 1 is 1.00 bits per heavy atom. The van der Waals surface area contributed by atoms with Crippen molar-refractivity contribution in [2.24, 2.45) is 5.73 Å². The first-order chi connectivity index (χ1) is 14.6. The van der Waals surface area contributed by atoms with E-state index in [9.17, 15) is 33.9 Å². The highest BCUT2D eigenvalue weighted by molar-refractivity contribution is 5.97. The molecule has 4 unspecified atom stereocenters. The molecule has 2 saturated heterocycles. The lowest BCUT2D eigenvalue weighted by Crippen LogP contribution is -2.58. The van der Waals surface area contributed by atoms with Crippen LogP contribution in [0.4, 0.5) is 0 Å². The Morgan fingerprint density at radius 3 is 2.26 bits per heavy atom. The molecular weight excluding hydrogens is 414 g/mol. The van der Waals surface area contributed by atoms with E-state index < -0.39 is 72.6 Å². The molecule has 13 nitrogen and oxygen atoms in total. The summed E-state index contributed by atoms with van der Waals surface area (Å²) in [6, 6.07) is -4.64. The Hall–Kier alpha value is -3.22. The molecule has 13 heteroatoms. The fourth-order valence-corrected chi connectivity index (χ4v) is 3.73. The van der Waals surface area contributed by atoms with E-state index in [-0.39, 0.29) is 13.0 Å². The minimum absolute atomic E-state index is 0.129. The average Bonchev–Trinajstić information content (AvgIpc) is 3.37. The molecule has 31 heavy (non-hydrogen) atoms. The van der Waals surface area contributed by atoms with Crippen molar-refractivity contribution in [3.63, 3.8) is 0 Å². The monoisotopic (exact) mass is 441 g/mol. The van der Waals surface area contributed by atoms with E-state index in [2.05, 4.69) is 16.0 Å². The molecular formula is C18H27N5O8. The van der Waals surface area contributed by atoms with Crippen molar-refractivity contribution in [3.05, 3.63) is 0 Å². The van der Waals surface area contributed by atoms with Gasteiger partial charge < -0.3 is 36.8 Å². The first-order valence-electron chi connectivity index (χ1n) is 9.97. The summed E-state index contributed by atoms with van der Waals surface area (Å²) in [6.07, 6.45) is 0.593. The molecule has 4 amide bonds. The largest absolute Gasteiger partial charge is 0.481 e. The summed E-state index contributed by atoms with van der Waals surface area (Å²) in [5.74, 6) is -5.84. The molecule has 7 N–H and O–H groups in total. The van der Waals surface area contributed by atoms with Gasteiger partial charge in [0.15, 0.2) is 0 Å². The Bertz CT molecular complexity index is 751. The van der Waals surface area contributed by atoms with Crippen molar-refractivity contribution in [1.29, 1.82) is 0 Å². The zero-order valence-electron chi connectivity index (χ0n) is 16.8. The first kappa shape index (κ1) is 24.1. The van der Waals surface area contributed by atoms with Crippen LogP contribution in [0.25, 0.3) is 0 Å². The van der Waals surface area contributed by atoms with Crippen LogP contribution < -0.4 is 21.7 Å². The molecule has 2 aliphatic heterocycles. The highest BCUT2D eigenvalue weighted by Gasteiger charge is 2.39. The average molecular weight is 441 g/mol. The third-order valence-electron chi connectivity index (χ3n) is 5.23.